The molecule has 0 atom stereocenters. The molecule has 1 amide bonds. The Labute approximate surface area is 182 Å². The number of anilines is 1. The molecular weight excluding hydrogens is 414 g/mol. The second-order valence-electron chi connectivity index (χ2n) is 6.49. The van der Waals surface area contributed by atoms with Gasteiger partial charge in [0.05, 0.1) is 30.0 Å². The van der Waals surface area contributed by atoms with E-state index in [1.807, 2.05) is 36.4 Å². The van der Waals surface area contributed by atoms with Crippen molar-refractivity contribution in [3.8, 4) is 16.9 Å². The van der Waals surface area contributed by atoms with Crippen LogP contribution in [0, 0.1) is 0 Å². The van der Waals surface area contributed by atoms with Crippen LogP contribution < -0.4 is 5.32 Å². The third-order valence-electron chi connectivity index (χ3n) is 4.32. The average Bonchev–Trinajstić information content (AvgIpc) is 3.42. The minimum atomic E-state index is -0.353. The highest BCUT2D eigenvalue weighted by Crippen LogP contribution is 2.25. The van der Waals surface area contributed by atoms with Crippen LogP contribution in [0.2, 0.25) is 0 Å². The number of benzene rings is 1. The Balaban J connectivity index is 1.61. The van der Waals surface area contributed by atoms with Crippen LogP contribution in [0.3, 0.4) is 0 Å². The maximum atomic E-state index is 13.1. The van der Waals surface area contributed by atoms with Gasteiger partial charge < -0.3 is 4.74 Å². The Kier molecular flexibility index (Phi) is 6.13. The molecule has 31 heavy (non-hydrogen) atoms. The standard InChI is InChI=1S/C22H19N5O3S/c1-2-30-19(28)11-16-14-31-22(24-16)25-21(29)18-13-27(17-8-4-3-5-9-17)26-20(18)15-7-6-10-23-12-15/h3-10,12-14H,2,11H2,1H3,(H,24,25,29). The largest absolute Gasteiger partial charge is 0.466 e. The first kappa shape index (κ1) is 20.4. The second kappa shape index (κ2) is 9.31. The third-order valence-corrected chi connectivity index (χ3v) is 5.12. The van der Waals surface area contributed by atoms with Crippen LogP contribution in [-0.4, -0.2) is 38.2 Å². The van der Waals surface area contributed by atoms with E-state index >= 15 is 0 Å². The van der Waals surface area contributed by atoms with Crippen LogP contribution >= 0.6 is 11.3 Å². The van der Waals surface area contributed by atoms with Gasteiger partial charge in [0.2, 0.25) is 0 Å². The van der Waals surface area contributed by atoms with Gasteiger partial charge in [-0.1, -0.05) is 18.2 Å². The van der Waals surface area contributed by atoms with Gasteiger partial charge in [0.25, 0.3) is 5.91 Å². The Morgan fingerprint density at radius 1 is 1.16 bits per heavy atom. The van der Waals surface area contributed by atoms with E-state index in [2.05, 4.69) is 20.4 Å². The lowest BCUT2D eigenvalue weighted by molar-refractivity contribution is -0.142. The Bertz CT molecular complexity index is 1190. The van der Waals surface area contributed by atoms with Gasteiger partial charge >= 0.3 is 5.97 Å². The monoisotopic (exact) mass is 433 g/mol. The molecular formula is C22H19N5O3S. The summed E-state index contributed by atoms with van der Waals surface area (Å²) in [4.78, 5) is 33.2. The molecule has 0 saturated carbocycles. The number of carbonyl (C=O) groups excluding carboxylic acids is 2. The van der Waals surface area contributed by atoms with Crippen molar-refractivity contribution in [1.82, 2.24) is 19.7 Å². The Hall–Kier alpha value is -3.85. The van der Waals surface area contributed by atoms with Crippen molar-refractivity contribution >= 4 is 28.3 Å². The Morgan fingerprint density at radius 2 is 2.00 bits per heavy atom. The molecule has 1 aromatic carbocycles. The van der Waals surface area contributed by atoms with Gasteiger partial charge in [-0.2, -0.15) is 5.10 Å². The number of aromatic nitrogens is 4. The predicted molar refractivity (Wildman–Crippen MR) is 117 cm³/mol. The second-order valence-corrected chi connectivity index (χ2v) is 7.35. The van der Waals surface area contributed by atoms with Gasteiger partial charge in [-0.15, -0.1) is 11.3 Å². The van der Waals surface area contributed by atoms with E-state index in [0.717, 1.165) is 11.3 Å². The molecule has 0 saturated heterocycles. The van der Waals surface area contributed by atoms with E-state index in [4.69, 9.17) is 4.74 Å². The van der Waals surface area contributed by atoms with E-state index in [-0.39, 0.29) is 18.3 Å². The number of nitrogens with zero attached hydrogens (tertiary/aromatic N) is 4. The summed E-state index contributed by atoms with van der Waals surface area (Å²) in [5.74, 6) is -0.702. The number of thiazole rings is 1. The summed E-state index contributed by atoms with van der Waals surface area (Å²) in [5.41, 5.74) is 3.00. The van der Waals surface area contributed by atoms with E-state index < -0.39 is 0 Å². The van der Waals surface area contributed by atoms with Crippen LogP contribution in [0.15, 0.2) is 66.4 Å². The molecule has 0 aliphatic heterocycles. The lowest BCUT2D eigenvalue weighted by atomic mass is 10.1. The Morgan fingerprint density at radius 3 is 2.74 bits per heavy atom. The van der Waals surface area contributed by atoms with Crippen LogP contribution in [0.25, 0.3) is 16.9 Å². The molecule has 0 aliphatic carbocycles. The summed E-state index contributed by atoms with van der Waals surface area (Å²) in [6, 6.07) is 13.2. The fourth-order valence-corrected chi connectivity index (χ4v) is 3.64. The van der Waals surface area contributed by atoms with Crippen LogP contribution in [0.5, 0.6) is 0 Å². The highest BCUT2D eigenvalue weighted by Gasteiger charge is 2.20. The van der Waals surface area contributed by atoms with Crippen molar-refractivity contribution in [2.75, 3.05) is 11.9 Å². The fraction of sp³-hybridized carbons (Fsp3) is 0.136. The molecule has 4 rings (SSSR count). The normalized spacial score (nSPS) is 10.6. The number of hydrogen-bond donors (Lipinski definition) is 1. The van der Waals surface area contributed by atoms with E-state index in [1.165, 1.54) is 11.3 Å². The first-order chi connectivity index (χ1) is 15.1. The predicted octanol–water partition coefficient (Wildman–Crippen LogP) is 3.75. The molecule has 156 valence electrons. The number of hydrogen-bond acceptors (Lipinski definition) is 7. The molecule has 9 heteroatoms. The van der Waals surface area contributed by atoms with E-state index in [0.29, 0.717) is 28.7 Å². The highest BCUT2D eigenvalue weighted by atomic mass is 32.1. The summed E-state index contributed by atoms with van der Waals surface area (Å²) >= 11 is 1.25. The minimum Gasteiger partial charge on any atom is -0.466 e. The number of esters is 1. The molecule has 3 aromatic heterocycles. The maximum absolute atomic E-state index is 13.1. The number of rotatable bonds is 7. The number of ether oxygens (including phenoxy) is 1. The minimum absolute atomic E-state index is 0.0626. The van der Waals surface area contributed by atoms with Gasteiger partial charge in [0, 0.05) is 29.5 Å². The van der Waals surface area contributed by atoms with Gasteiger partial charge in [0.1, 0.15) is 5.69 Å². The average molecular weight is 433 g/mol. The van der Waals surface area contributed by atoms with Crippen molar-refractivity contribution in [3.63, 3.8) is 0 Å². The maximum Gasteiger partial charge on any atom is 0.311 e. The van der Waals surface area contributed by atoms with Gasteiger partial charge in [0.15, 0.2) is 5.13 Å². The zero-order chi connectivity index (χ0) is 21.6. The molecule has 0 radical (unpaired) electrons. The highest BCUT2D eigenvalue weighted by molar-refractivity contribution is 7.14. The lowest BCUT2D eigenvalue weighted by Crippen LogP contribution is -2.12. The fourth-order valence-electron chi connectivity index (χ4n) is 2.94. The lowest BCUT2D eigenvalue weighted by Gasteiger charge is -2.02. The number of nitrogens with one attached hydrogen (secondary N) is 1. The molecule has 0 aliphatic rings. The van der Waals surface area contributed by atoms with Crippen LogP contribution in [-0.2, 0) is 16.0 Å². The van der Waals surface area contributed by atoms with Crippen LogP contribution in [0.4, 0.5) is 5.13 Å². The third kappa shape index (κ3) is 4.84. The number of para-hydroxylation sites is 1. The van der Waals surface area contributed by atoms with Gasteiger partial charge in [-0.3, -0.25) is 19.9 Å². The van der Waals surface area contributed by atoms with Gasteiger partial charge in [-0.05, 0) is 31.2 Å². The first-order valence-electron chi connectivity index (χ1n) is 9.61. The SMILES string of the molecule is CCOC(=O)Cc1csc(NC(=O)c2cn(-c3ccccc3)nc2-c2cccnc2)n1. The molecule has 0 fully saturated rings. The smallest absolute Gasteiger partial charge is 0.311 e. The topological polar surface area (TPSA) is 99.0 Å². The number of amides is 1. The van der Waals surface area contributed by atoms with Crippen molar-refractivity contribution in [2.45, 2.75) is 13.3 Å². The van der Waals surface area contributed by atoms with E-state index in [1.54, 1.807) is 41.6 Å². The molecule has 8 nitrogen and oxygen atoms in total. The summed E-state index contributed by atoms with van der Waals surface area (Å²) < 4.78 is 6.59. The quantitative estimate of drug-likeness (QED) is 0.446. The summed E-state index contributed by atoms with van der Waals surface area (Å²) in [5, 5.41) is 9.54. The summed E-state index contributed by atoms with van der Waals surface area (Å²) in [6.07, 6.45) is 5.07. The summed E-state index contributed by atoms with van der Waals surface area (Å²) in [6.45, 7) is 2.06. The zero-order valence-electron chi connectivity index (χ0n) is 16.7. The molecule has 4 aromatic rings. The molecule has 0 bridgehead atoms. The first-order valence-corrected chi connectivity index (χ1v) is 10.5. The van der Waals surface area contributed by atoms with Gasteiger partial charge in [-0.25, -0.2) is 9.67 Å². The van der Waals surface area contributed by atoms with Crippen molar-refractivity contribution < 1.29 is 14.3 Å². The molecule has 0 unspecified atom stereocenters. The number of carbonyl (C=O) groups is 2. The van der Waals surface area contributed by atoms with Crippen LogP contribution in [0.1, 0.15) is 23.0 Å². The molecule has 1 N–H and O–H groups in total. The number of pyridine rings is 1. The van der Waals surface area contributed by atoms with Crippen molar-refractivity contribution in [1.29, 1.82) is 0 Å². The molecule has 0 spiro atoms. The molecule has 3 heterocycles. The van der Waals surface area contributed by atoms with E-state index in [9.17, 15) is 9.59 Å². The summed E-state index contributed by atoms with van der Waals surface area (Å²) in [7, 11) is 0. The van der Waals surface area contributed by atoms with Crippen molar-refractivity contribution in [3.05, 3.63) is 77.7 Å². The zero-order valence-corrected chi connectivity index (χ0v) is 17.5. The van der Waals surface area contributed by atoms with Crippen molar-refractivity contribution in [2.24, 2.45) is 0 Å².